The van der Waals surface area contributed by atoms with Gasteiger partial charge in [-0.25, -0.2) is 4.79 Å². The summed E-state index contributed by atoms with van der Waals surface area (Å²) in [6.45, 7) is 0.127. The number of carbonyl (C=O) groups excluding carboxylic acids is 1. The third kappa shape index (κ3) is 6.98. The van der Waals surface area contributed by atoms with Crippen LogP contribution in [0.4, 0.5) is 19.3 Å². The molecular formula is C20H21Cl2F2N3O3. The molecule has 0 aliphatic carbocycles. The Kier molecular flexibility index (Phi) is 8.09. The number of nitrogens with one attached hydrogen (secondary N) is 2. The highest BCUT2D eigenvalue weighted by Crippen LogP contribution is 2.23. The highest BCUT2D eigenvalue weighted by molar-refractivity contribution is 6.42. The van der Waals surface area contributed by atoms with Crippen molar-refractivity contribution in [1.82, 2.24) is 10.2 Å². The van der Waals surface area contributed by atoms with Gasteiger partial charge in [-0.15, -0.1) is 0 Å². The second-order valence-electron chi connectivity index (χ2n) is 6.71. The quantitative estimate of drug-likeness (QED) is 0.634. The predicted octanol–water partition coefficient (Wildman–Crippen LogP) is 4.62. The minimum atomic E-state index is -2.89. The first-order chi connectivity index (χ1) is 14.4. The molecule has 30 heavy (non-hydrogen) atoms. The summed E-state index contributed by atoms with van der Waals surface area (Å²) in [6, 6.07) is 10.8. The van der Waals surface area contributed by atoms with Crippen molar-refractivity contribution in [2.75, 3.05) is 31.6 Å². The average molecular weight is 460 g/mol. The lowest BCUT2D eigenvalue weighted by Crippen LogP contribution is -2.47. The summed E-state index contributed by atoms with van der Waals surface area (Å²) in [5.41, 5.74) is 1.51. The van der Waals surface area contributed by atoms with E-state index in [4.69, 9.17) is 27.9 Å². The van der Waals surface area contributed by atoms with E-state index in [0.29, 0.717) is 42.0 Å². The van der Waals surface area contributed by atoms with Crippen molar-refractivity contribution in [2.45, 2.75) is 19.3 Å². The fourth-order valence-corrected chi connectivity index (χ4v) is 3.37. The third-order valence-corrected chi connectivity index (χ3v) is 5.18. The Morgan fingerprint density at radius 3 is 2.67 bits per heavy atom. The number of anilines is 1. The molecule has 1 atom stereocenters. The fraction of sp³-hybridized carbons (Fsp3) is 0.350. The van der Waals surface area contributed by atoms with Crippen LogP contribution in [0.25, 0.3) is 0 Å². The molecule has 162 valence electrons. The number of urea groups is 1. The smallest absolute Gasteiger partial charge is 0.387 e. The molecule has 1 fully saturated rings. The molecule has 10 heteroatoms. The molecule has 1 heterocycles. The van der Waals surface area contributed by atoms with Gasteiger partial charge in [0.15, 0.2) is 0 Å². The van der Waals surface area contributed by atoms with Crippen LogP contribution in [0.1, 0.15) is 5.56 Å². The lowest BCUT2D eigenvalue weighted by molar-refractivity contribution is -0.0498. The maximum absolute atomic E-state index is 12.2. The molecule has 0 saturated carbocycles. The van der Waals surface area contributed by atoms with E-state index in [0.717, 1.165) is 12.1 Å². The standard InChI is InChI=1S/C20H21Cl2F2N3O3/c21-17-6-1-13(9-18(17)22)11-27-7-8-29-16(12-27)10-25-20(28)26-14-2-4-15(5-3-14)30-19(23)24/h1-6,9,16,19H,7-8,10-12H2,(H2,25,26,28). The van der Waals surface area contributed by atoms with Crippen LogP contribution in [-0.2, 0) is 11.3 Å². The first-order valence-electron chi connectivity index (χ1n) is 9.26. The zero-order chi connectivity index (χ0) is 21.5. The molecule has 3 rings (SSSR count). The second-order valence-corrected chi connectivity index (χ2v) is 7.53. The van der Waals surface area contributed by atoms with Crippen molar-refractivity contribution in [3.63, 3.8) is 0 Å². The van der Waals surface area contributed by atoms with E-state index in [9.17, 15) is 13.6 Å². The Hall–Kier alpha value is -2.13. The zero-order valence-electron chi connectivity index (χ0n) is 15.9. The lowest BCUT2D eigenvalue weighted by Gasteiger charge is -2.33. The van der Waals surface area contributed by atoms with Gasteiger partial charge in [-0.05, 0) is 42.0 Å². The minimum Gasteiger partial charge on any atom is -0.435 e. The van der Waals surface area contributed by atoms with Crippen LogP contribution in [0.3, 0.4) is 0 Å². The molecule has 0 bridgehead atoms. The van der Waals surface area contributed by atoms with E-state index >= 15 is 0 Å². The predicted molar refractivity (Wildman–Crippen MR) is 112 cm³/mol. The van der Waals surface area contributed by atoms with Crippen LogP contribution >= 0.6 is 23.2 Å². The first-order valence-corrected chi connectivity index (χ1v) is 10.0. The number of amides is 2. The fourth-order valence-electron chi connectivity index (χ4n) is 3.05. The van der Waals surface area contributed by atoms with Gasteiger partial charge in [0.2, 0.25) is 0 Å². The van der Waals surface area contributed by atoms with Crippen LogP contribution in [-0.4, -0.2) is 49.9 Å². The van der Waals surface area contributed by atoms with Crippen LogP contribution in [0.5, 0.6) is 5.75 Å². The highest BCUT2D eigenvalue weighted by Gasteiger charge is 2.21. The number of morpholine rings is 1. The topological polar surface area (TPSA) is 62.8 Å². The Bertz CT molecular complexity index is 856. The number of ether oxygens (including phenoxy) is 2. The number of hydrogen-bond donors (Lipinski definition) is 2. The molecule has 1 saturated heterocycles. The Labute approximate surface area is 183 Å². The number of carbonyl (C=O) groups is 1. The molecule has 0 aromatic heterocycles. The van der Waals surface area contributed by atoms with E-state index in [1.54, 1.807) is 6.07 Å². The van der Waals surface area contributed by atoms with Gasteiger partial charge in [-0.2, -0.15) is 8.78 Å². The van der Waals surface area contributed by atoms with Gasteiger partial charge in [0.1, 0.15) is 5.75 Å². The highest BCUT2D eigenvalue weighted by atomic mass is 35.5. The minimum absolute atomic E-state index is 0.0219. The molecule has 2 N–H and O–H groups in total. The summed E-state index contributed by atoms with van der Waals surface area (Å²) < 4.78 is 34.3. The van der Waals surface area contributed by atoms with Gasteiger partial charge in [-0.3, -0.25) is 4.90 Å². The van der Waals surface area contributed by atoms with E-state index in [1.165, 1.54) is 24.3 Å². The number of alkyl halides is 2. The van der Waals surface area contributed by atoms with Crippen molar-refractivity contribution >= 4 is 34.9 Å². The number of nitrogens with zero attached hydrogens (tertiary/aromatic N) is 1. The zero-order valence-corrected chi connectivity index (χ0v) is 17.4. The Morgan fingerprint density at radius 2 is 1.97 bits per heavy atom. The molecule has 1 aliphatic heterocycles. The average Bonchev–Trinajstić information content (AvgIpc) is 2.71. The molecule has 1 unspecified atom stereocenters. The SMILES string of the molecule is O=C(NCC1CN(Cc2ccc(Cl)c(Cl)c2)CCO1)Nc1ccc(OC(F)F)cc1. The van der Waals surface area contributed by atoms with Crippen LogP contribution in [0, 0.1) is 0 Å². The first kappa shape index (κ1) is 22.6. The summed E-state index contributed by atoms with van der Waals surface area (Å²) in [5.74, 6) is 0.0219. The van der Waals surface area contributed by atoms with Crippen LogP contribution in [0.15, 0.2) is 42.5 Å². The van der Waals surface area contributed by atoms with Crippen molar-refractivity contribution in [3.05, 3.63) is 58.1 Å². The van der Waals surface area contributed by atoms with Crippen molar-refractivity contribution in [2.24, 2.45) is 0 Å². The molecule has 6 nitrogen and oxygen atoms in total. The number of halogens is 4. The molecular weight excluding hydrogens is 439 g/mol. The molecule has 2 aromatic carbocycles. The lowest BCUT2D eigenvalue weighted by atomic mass is 10.2. The van der Waals surface area contributed by atoms with Gasteiger partial charge in [0, 0.05) is 31.9 Å². The molecule has 1 aliphatic rings. The van der Waals surface area contributed by atoms with Gasteiger partial charge in [0.25, 0.3) is 0 Å². The van der Waals surface area contributed by atoms with E-state index < -0.39 is 12.6 Å². The van der Waals surface area contributed by atoms with Crippen molar-refractivity contribution in [1.29, 1.82) is 0 Å². The second kappa shape index (κ2) is 10.8. The molecule has 2 aromatic rings. The van der Waals surface area contributed by atoms with Gasteiger partial charge in [-0.1, -0.05) is 29.3 Å². The molecule has 2 amide bonds. The Morgan fingerprint density at radius 1 is 1.20 bits per heavy atom. The maximum Gasteiger partial charge on any atom is 0.387 e. The van der Waals surface area contributed by atoms with E-state index in [1.807, 2.05) is 12.1 Å². The molecule has 0 radical (unpaired) electrons. The van der Waals surface area contributed by atoms with Crippen molar-refractivity contribution in [3.8, 4) is 5.75 Å². The maximum atomic E-state index is 12.2. The van der Waals surface area contributed by atoms with Crippen LogP contribution in [0.2, 0.25) is 10.0 Å². The number of hydrogen-bond acceptors (Lipinski definition) is 4. The summed E-state index contributed by atoms with van der Waals surface area (Å²) in [4.78, 5) is 14.3. The van der Waals surface area contributed by atoms with Crippen LogP contribution < -0.4 is 15.4 Å². The summed E-state index contributed by atoms with van der Waals surface area (Å²) >= 11 is 12.0. The third-order valence-electron chi connectivity index (χ3n) is 4.44. The number of rotatable bonds is 7. The Balaban J connectivity index is 1.43. The monoisotopic (exact) mass is 459 g/mol. The molecule has 0 spiro atoms. The van der Waals surface area contributed by atoms with E-state index in [-0.39, 0.29) is 11.9 Å². The summed E-state index contributed by atoms with van der Waals surface area (Å²) in [5, 5.41) is 6.43. The van der Waals surface area contributed by atoms with Gasteiger partial charge >= 0.3 is 12.6 Å². The largest absolute Gasteiger partial charge is 0.435 e. The van der Waals surface area contributed by atoms with Crippen molar-refractivity contribution < 1.29 is 23.0 Å². The van der Waals surface area contributed by atoms with Gasteiger partial charge < -0.3 is 20.1 Å². The summed E-state index contributed by atoms with van der Waals surface area (Å²) in [6.07, 6.45) is -0.158. The normalized spacial score (nSPS) is 17.0. The van der Waals surface area contributed by atoms with Gasteiger partial charge in [0.05, 0.1) is 22.8 Å². The summed E-state index contributed by atoms with van der Waals surface area (Å²) in [7, 11) is 0. The number of benzene rings is 2. The van der Waals surface area contributed by atoms with E-state index in [2.05, 4.69) is 20.3 Å².